The molecule has 4 nitrogen and oxygen atoms in total. The number of rotatable bonds is 4. The first-order chi connectivity index (χ1) is 6.17. The molecule has 0 saturated heterocycles. The molecule has 1 radical (unpaired) electrons. The van der Waals surface area contributed by atoms with Crippen molar-refractivity contribution in [2.45, 2.75) is 0 Å². The Morgan fingerprint density at radius 2 is 1.71 bits per heavy atom. The lowest BCUT2D eigenvalue weighted by Gasteiger charge is -1.91. The van der Waals surface area contributed by atoms with E-state index in [4.69, 9.17) is 0 Å². The van der Waals surface area contributed by atoms with Gasteiger partial charge in [0.1, 0.15) is 10.3 Å². The van der Waals surface area contributed by atoms with E-state index in [2.05, 4.69) is 6.58 Å². The Labute approximate surface area is 80.7 Å². The van der Waals surface area contributed by atoms with E-state index in [0.717, 1.165) is 17.6 Å². The van der Waals surface area contributed by atoms with Crippen molar-refractivity contribution in [2.24, 2.45) is 0 Å². The van der Waals surface area contributed by atoms with Crippen LogP contribution in [0.4, 0.5) is 7.77 Å². The average molecular weight is 243 g/mol. The molecule has 0 aromatic heterocycles. The summed E-state index contributed by atoms with van der Waals surface area (Å²) in [5.41, 5.74) is 0. The lowest BCUT2D eigenvalue weighted by Crippen LogP contribution is -1.97. The fourth-order valence-corrected chi connectivity index (χ4v) is 1.69. The zero-order valence-electron chi connectivity index (χ0n) is 6.64. The van der Waals surface area contributed by atoms with Gasteiger partial charge in [-0.2, -0.15) is 16.8 Å². The third-order valence-corrected chi connectivity index (χ3v) is 2.23. The van der Waals surface area contributed by atoms with Crippen LogP contribution in [-0.2, 0) is 20.4 Å². The standard InChI is InChI=1S/C6H5F2O4S2/c1-2-3-4-6(14(8,11)12)5-13(7,9)10/h2-4H,1H2. The fraction of sp³-hybridized carbons (Fsp3) is 0. The number of hydrogen-bond acceptors (Lipinski definition) is 4. The third kappa shape index (κ3) is 5.60. The predicted molar refractivity (Wildman–Crippen MR) is 46.1 cm³/mol. The maximum atomic E-state index is 12.3. The molecule has 0 aromatic rings. The Bertz CT molecular complexity index is 470. The first kappa shape index (κ1) is 13.0. The molecule has 0 rings (SSSR count). The molecule has 0 aliphatic heterocycles. The van der Waals surface area contributed by atoms with Gasteiger partial charge in [-0.1, -0.05) is 18.7 Å². The Balaban J connectivity index is 5.47. The largest absolute Gasteiger partial charge is 0.334 e. The molecular formula is C6H5F2O4S2. The summed E-state index contributed by atoms with van der Waals surface area (Å²) in [5.74, 6) is 0. The zero-order chi connectivity index (χ0) is 11.4. The van der Waals surface area contributed by atoms with Crippen LogP contribution in [0.2, 0.25) is 0 Å². The number of halogens is 2. The van der Waals surface area contributed by atoms with Crippen LogP contribution in [0.3, 0.4) is 0 Å². The SMILES string of the molecule is C=CC=C/C(=[C]\S(=O)(=O)F)S(=O)(=O)F. The topological polar surface area (TPSA) is 68.3 Å². The van der Waals surface area contributed by atoms with Crippen molar-refractivity contribution in [3.63, 3.8) is 0 Å². The number of hydrogen-bond donors (Lipinski definition) is 0. The minimum atomic E-state index is -5.33. The molecule has 0 heterocycles. The molecule has 0 N–H and O–H groups in total. The van der Waals surface area contributed by atoms with E-state index in [0.29, 0.717) is 6.08 Å². The minimum Gasteiger partial charge on any atom is -0.189 e. The normalized spacial score (nSPS) is 14.6. The van der Waals surface area contributed by atoms with Crippen LogP contribution in [0.5, 0.6) is 0 Å². The van der Waals surface area contributed by atoms with Gasteiger partial charge in [-0.3, -0.25) is 0 Å². The molecule has 0 spiro atoms. The summed E-state index contributed by atoms with van der Waals surface area (Å²) in [4.78, 5) is -1.42. The summed E-state index contributed by atoms with van der Waals surface area (Å²) in [5, 5.41) is 0.856. The molecular weight excluding hydrogens is 238 g/mol. The van der Waals surface area contributed by atoms with Gasteiger partial charge >= 0.3 is 20.4 Å². The van der Waals surface area contributed by atoms with Crippen molar-refractivity contribution >= 4 is 20.4 Å². The second-order valence-electron chi connectivity index (χ2n) is 1.94. The Morgan fingerprint density at radius 1 is 1.21 bits per heavy atom. The molecule has 0 fully saturated rings. The minimum absolute atomic E-state index is 0.513. The summed E-state index contributed by atoms with van der Waals surface area (Å²) >= 11 is 0. The van der Waals surface area contributed by atoms with Crippen LogP contribution in [0.25, 0.3) is 0 Å². The second-order valence-corrected chi connectivity index (χ2v) is 4.33. The van der Waals surface area contributed by atoms with E-state index in [9.17, 15) is 24.6 Å². The lowest BCUT2D eigenvalue weighted by atomic mass is 10.5. The fourth-order valence-electron chi connectivity index (χ4n) is 0.441. The first-order valence-electron chi connectivity index (χ1n) is 3.00. The highest BCUT2D eigenvalue weighted by Crippen LogP contribution is 2.12. The van der Waals surface area contributed by atoms with Crippen molar-refractivity contribution in [1.29, 1.82) is 0 Å². The Hall–Kier alpha value is -1.02. The summed E-state index contributed by atoms with van der Waals surface area (Å²) < 4.78 is 64.6. The van der Waals surface area contributed by atoms with E-state index < -0.39 is 25.4 Å². The van der Waals surface area contributed by atoms with Crippen molar-refractivity contribution in [3.05, 3.63) is 35.1 Å². The maximum absolute atomic E-state index is 12.3. The highest BCUT2D eigenvalue weighted by atomic mass is 32.3. The zero-order valence-corrected chi connectivity index (χ0v) is 8.28. The Morgan fingerprint density at radius 3 is 2.00 bits per heavy atom. The molecule has 8 heteroatoms. The van der Waals surface area contributed by atoms with Gasteiger partial charge in [0.25, 0.3) is 0 Å². The molecule has 79 valence electrons. The summed E-state index contributed by atoms with van der Waals surface area (Å²) in [6, 6.07) is 0. The van der Waals surface area contributed by atoms with E-state index in [1.165, 1.54) is 0 Å². The lowest BCUT2D eigenvalue weighted by molar-refractivity contribution is 0.554. The molecule has 0 bridgehead atoms. The van der Waals surface area contributed by atoms with Gasteiger partial charge in [-0.15, -0.1) is 7.77 Å². The summed E-state index contributed by atoms with van der Waals surface area (Å²) in [6.45, 7) is 3.12. The summed E-state index contributed by atoms with van der Waals surface area (Å²) in [7, 11) is -10.6. The predicted octanol–water partition coefficient (Wildman–Crippen LogP) is 0.972. The highest BCUT2D eigenvalue weighted by molar-refractivity contribution is 7.93. The average Bonchev–Trinajstić information content (AvgIpc) is 1.93. The number of allylic oxidation sites excluding steroid dienone is 3. The van der Waals surface area contributed by atoms with Crippen molar-refractivity contribution in [3.8, 4) is 0 Å². The first-order valence-corrected chi connectivity index (χ1v) is 5.76. The summed E-state index contributed by atoms with van der Waals surface area (Å²) in [6.07, 6.45) is 2.49. The molecule has 0 aromatic carbocycles. The van der Waals surface area contributed by atoms with Crippen LogP contribution in [0.1, 0.15) is 0 Å². The van der Waals surface area contributed by atoms with Crippen LogP contribution in [0.15, 0.2) is 29.7 Å². The molecule has 0 amide bonds. The quantitative estimate of drug-likeness (QED) is 0.545. The molecule has 0 aliphatic rings. The van der Waals surface area contributed by atoms with Crippen molar-refractivity contribution < 1.29 is 24.6 Å². The van der Waals surface area contributed by atoms with Crippen LogP contribution in [-0.4, -0.2) is 16.8 Å². The van der Waals surface area contributed by atoms with Gasteiger partial charge in [0.05, 0.1) is 0 Å². The van der Waals surface area contributed by atoms with Crippen LogP contribution in [0, 0.1) is 5.41 Å². The van der Waals surface area contributed by atoms with Gasteiger partial charge in [-0.05, 0) is 6.08 Å². The molecule has 0 atom stereocenters. The third-order valence-electron chi connectivity index (χ3n) is 0.869. The van der Waals surface area contributed by atoms with Crippen molar-refractivity contribution in [2.75, 3.05) is 0 Å². The molecule has 0 unspecified atom stereocenters. The van der Waals surface area contributed by atoms with E-state index in [1.807, 2.05) is 0 Å². The molecule has 0 aliphatic carbocycles. The highest BCUT2D eigenvalue weighted by Gasteiger charge is 2.18. The van der Waals surface area contributed by atoms with Crippen molar-refractivity contribution in [1.82, 2.24) is 0 Å². The monoisotopic (exact) mass is 243 g/mol. The van der Waals surface area contributed by atoms with Gasteiger partial charge < -0.3 is 0 Å². The van der Waals surface area contributed by atoms with E-state index in [-0.39, 0.29) is 0 Å². The molecule has 14 heavy (non-hydrogen) atoms. The van der Waals surface area contributed by atoms with Crippen LogP contribution >= 0.6 is 0 Å². The van der Waals surface area contributed by atoms with Crippen LogP contribution < -0.4 is 0 Å². The maximum Gasteiger partial charge on any atom is 0.334 e. The smallest absolute Gasteiger partial charge is 0.189 e. The van der Waals surface area contributed by atoms with Gasteiger partial charge in [0, 0.05) is 0 Å². The molecule has 0 saturated carbocycles. The second kappa shape index (κ2) is 4.47. The van der Waals surface area contributed by atoms with Gasteiger partial charge in [-0.25, -0.2) is 0 Å². The Kier molecular flexibility index (Phi) is 4.14. The van der Waals surface area contributed by atoms with E-state index in [1.54, 1.807) is 0 Å². The van der Waals surface area contributed by atoms with Gasteiger partial charge in [0.15, 0.2) is 0 Å². The van der Waals surface area contributed by atoms with Gasteiger partial charge in [0.2, 0.25) is 0 Å². The van der Waals surface area contributed by atoms with E-state index >= 15 is 0 Å².